The SMILES string of the molecule is CCCB(C)/C=C\c1ccncc1. The van der Waals surface area contributed by atoms with Crippen LogP contribution in [0.5, 0.6) is 0 Å². The molecule has 0 bridgehead atoms. The van der Waals surface area contributed by atoms with Crippen molar-refractivity contribution in [1.29, 1.82) is 0 Å². The van der Waals surface area contributed by atoms with Gasteiger partial charge in [-0.3, -0.25) is 4.98 Å². The number of aromatic nitrogens is 1. The fourth-order valence-electron chi connectivity index (χ4n) is 1.30. The van der Waals surface area contributed by atoms with Crippen LogP contribution in [0.15, 0.2) is 30.5 Å². The smallest absolute Gasteiger partial charge is 0.163 e. The number of rotatable bonds is 4. The van der Waals surface area contributed by atoms with Gasteiger partial charge in [0, 0.05) is 12.4 Å². The third-order valence-corrected chi connectivity index (χ3v) is 2.07. The largest absolute Gasteiger partial charge is 0.265 e. The van der Waals surface area contributed by atoms with Gasteiger partial charge in [-0.2, -0.15) is 0 Å². The van der Waals surface area contributed by atoms with Crippen LogP contribution < -0.4 is 0 Å². The second-order valence-corrected chi connectivity index (χ2v) is 3.41. The van der Waals surface area contributed by atoms with Gasteiger partial charge in [-0.05, 0) is 17.7 Å². The molecule has 68 valence electrons. The number of hydrogen-bond acceptors (Lipinski definition) is 1. The summed E-state index contributed by atoms with van der Waals surface area (Å²) in [7, 11) is 0. The average molecular weight is 173 g/mol. The Balaban J connectivity index is 2.49. The minimum absolute atomic E-state index is 0.679. The first-order valence-corrected chi connectivity index (χ1v) is 4.91. The number of hydrogen-bond donors (Lipinski definition) is 0. The maximum absolute atomic E-state index is 3.97. The zero-order chi connectivity index (χ0) is 9.52. The molecule has 0 fully saturated rings. The molecular formula is C11H16BN. The molecule has 0 aliphatic rings. The summed E-state index contributed by atoms with van der Waals surface area (Å²) < 4.78 is 0. The maximum atomic E-state index is 3.97. The molecule has 0 saturated heterocycles. The van der Waals surface area contributed by atoms with Gasteiger partial charge in [0.2, 0.25) is 0 Å². The van der Waals surface area contributed by atoms with Crippen LogP contribution in [0.3, 0.4) is 0 Å². The molecule has 0 unspecified atom stereocenters. The molecule has 2 heteroatoms. The fourth-order valence-corrected chi connectivity index (χ4v) is 1.30. The Kier molecular flexibility index (Phi) is 4.30. The van der Waals surface area contributed by atoms with E-state index in [1.54, 1.807) is 0 Å². The van der Waals surface area contributed by atoms with Crippen molar-refractivity contribution in [2.24, 2.45) is 0 Å². The van der Waals surface area contributed by atoms with E-state index in [9.17, 15) is 0 Å². The zero-order valence-electron chi connectivity index (χ0n) is 8.40. The van der Waals surface area contributed by atoms with E-state index in [1.807, 2.05) is 24.5 Å². The predicted molar refractivity (Wildman–Crippen MR) is 60.0 cm³/mol. The minimum atomic E-state index is 0.679. The number of nitrogens with zero attached hydrogens (tertiary/aromatic N) is 1. The highest BCUT2D eigenvalue weighted by Gasteiger charge is 1.98. The lowest BCUT2D eigenvalue weighted by atomic mass is 9.49. The summed E-state index contributed by atoms with van der Waals surface area (Å²) in [4.78, 5) is 3.97. The summed E-state index contributed by atoms with van der Waals surface area (Å²) >= 11 is 0. The second kappa shape index (κ2) is 5.57. The van der Waals surface area contributed by atoms with Crippen LogP contribution in [0.25, 0.3) is 6.08 Å². The molecular weight excluding hydrogens is 157 g/mol. The van der Waals surface area contributed by atoms with Crippen molar-refractivity contribution in [3.05, 3.63) is 36.1 Å². The van der Waals surface area contributed by atoms with Gasteiger partial charge in [-0.1, -0.05) is 32.6 Å². The summed E-state index contributed by atoms with van der Waals surface area (Å²) in [5.41, 5.74) is 1.23. The van der Waals surface area contributed by atoms with Crippen LogP contribution in [0.4, 0.5) is 0 Å². The van der Waals surface area contributed by atoms with Gasteiger partial charge >= 0.3 is 0 Å². The van der Waals surface area contributed by atoms with Gasteiger partial charge in [0.25, 0.3) is 0 Å². The Morgan fingerprint density at radius 1 is 1.38 bits per heavy atom. The summed E-state index contributed by atoms with van der Waals surface area (Å²) in [6, 6.07) is 4.05. The Morgan fingerprint density at radius 2 is 2.08 bits per heavy atom. The summed E-state index contributed by atoms with van der Waals surface area (Å²) in [5.74, 6) is 2.26. The van der Waals surface area contributed by atoms with E-state index >= 15 is 0 Å². The molecule has 0 aliphatic carbocycles. The zero-order valence-corrected chi connectivity index (χ0v) is 8.40. The summed E-state index contributed by atoms with van der Waals surface area (Å²) in [5, 5.41) is 0. The molecule has 0 saturated carbocycles. The van der Waals surface area contributed by atoms with Gasteiger partial charge in [0.05, 0.1) is 0 Å². The Hall–Kier alpha value is -1.05. The molecule has 0 aliphatic heterocycles. The van der Waals surface area contributed by atoms with Crippen molar-refractivity contribution < 1.29 is 0 Å². The normalized spacial score (nSPS) is 10.6. The Morgan fingerprint density at radius 3 is 2.69 bits per heavy atom. The van der Waals surface area contributed by atoms with Crippen LogP contribution in [-0.4, -0.2) is 11.7 Å². The van der Waals surface area contributed by atoms with Crippen LogP contribution in [0.2, 0.25) is 13.1 Å². The molecule has 1 nitrogen and oxygen atoms in total. The van der Waals surface area contributed by atoms with E-state index in [2.05, 4.69) is 30.8 Å². The van der Waals surface area contributed by atoms with E-state index in [-0.39, 0.29) is 0 Å². The first-order valence-electron chi connectivity index (χ1n) is 4.91. The molecule has 1 aromatic heterocycles. The first kappa shape index (κ1) is 10.0. The van der Waals surface area contributed by atoms with Crippen molar-refractivity contribution >= 4 is 12.8 Å². The van der Waals surface area contributed by atoms with E-state index < -0.39 is 0 Å². The molecule has 1 rings (SSSR count). The van der Waals surface area contributed by atoms with Crippen molar-refractivity contribution in [3.63, 3.8) is 0 Å². The van der Waals surface area contributed by atoms with Crippen LogP contribution in [0, 0.1) is 0 Å². The first-order chi connectivity index (χ1) is 6.33. The lowest BCUT2D eigenvalue weighted by Gasteiger charge is -1.97. The molecule has 0 spiro atoms. The molecule has 1 aromatic rings. The van der Waals surface area contributed by atoms with Crippen LogP contribution >= 0.6 is 0 Å². The maximum Gasteiger partial charge on any atom is 0.163 e. The standard InChI is InChI=1S/C11H16BN/c1-3-7-12(2)8-4-11-5-9-13-10-6-11/h4-6,8-10H,3,7H2,1-2H3/b8-4-. The molecule has 1 heterocycles. The molecule has 0 atom stereocenters. The predicted octanol–water partition coefficient (Wildman–Crippen LogP) is 3.17. The molecule has 0 aromatic carbocycles. The molecule has 13 heavy (non-hydrogen) atoms. The highest BCUT2D eigenvalue weighted by molar-refractivity contribution is 6.63. The highest BCUT2D eigenvalue weighted by atomic mass is 14.6. The quantitative estimate of drug-likeness (QED) is 0.637. The Labute approximate surface area is 81.0 Å². The van der Waals surface area contributed by atoms with Gasteiger partial charge in [-0.15, -0.1) is 5.98 Å². The van der Waals surface area contributed by atoms with E-state index in [4.69, 9.17) is 0 Å². The lowest BCUT2D eigenvalue weighted by molar-refractivity contribution is 1.07. The van der Waals surface area contributed by atoms with Gasteiger partial charge < -0.3 is 0 Å². The van der Waals surface area contributed by atoms with Crippen molar-refractivity contribution in [2.45, 2.75) is 26.5 Å². The van der Waals surface area contributed by atoms with E-state index in [1.165, 1.54) is 18.3 Å². The third-order valence-electron chi connectivity index (χ3n) is 2.07. The van der Waals surface area contributed by atoms with Gasteiger partial charge in [-0.25, -0.2) is 0 Å². The van der Waals surface area contributed by atoms with Crippen LogP contribution in [0.1, 0.15) is 18.9 Å². The monoisotopic (exact) mass is 173 g/mol. The van der Waals surface area contributed by atoms with E-state index in [0.717, 1.165) is 0 Å². The molecule has 0 radical (unpaired) electrons. The van der Waals surface area contributed by atoms with Crippen LogP contribution in [-0.2, 0) is 0 Å². The third kappa shape index (κ3) is 3.93. The van der Waals surface area contributed by atoms with Gasteiger partial charge in [0.15, 0.2) is 6.71 Å². The minimum Gasteiger partial charge on any atom is -0.265 e. The van der Waals surface area contributed by atoms with Gasteiger partial charge in [0.1, 0.15) is 0 Å². The lowest BCUT2D eigenvalue weighted by Crippen LogP contribution is -2.00. The second-order valence-electron chi connectivity index (χ2n) is 3.41. The fraction of sp³-hybridized carbons (Fsp3) is 0.364. The molecule has 0 amide bonds. The molecule has 0 N–H and O–H groups in total. The summed E-state index contributed by atoms with van der Waals surface area (Å²) in [6.45, 7) is 5.15. The van der Waals surface area contributed by atoms with Crippen molar-refractivity contribution in [1.82, 2.24) is 4.98 Å². The Bertz CT molecular complexity index is 256. The topological polar surface area (TPSA) is 12.9 Å². The van der Waals surface area contributed by atoms with Crippen molar-refractivity contribution in [3.8, 4) is 0 Å². The highest BCUT2D eigenvalue weighted by Crippen LogP contribution is 2.03. The van der Waals surface area contributed by atoms with E-state index in [0.29, 0.717) is 6.71 Å². The number of pyridine rings is 1. The summed E-state index contributed by atoms with van der Waals surface area (Å²) in [6.07, 6.45) is 8.33. The average Bonchev–Trinajstić information content (AvgIpc) is 2.17. The van der Waals surface area contributed by atoms with Crippen molar-refractivity contribution in [2.75, 3.05) is 0 Å².